The number of nitrogens with zero attached hydrogens (tertiary/aromatic N) is 4. The van der Waals surface area contributed by atoms with Crippen molar-refractivity contribution in [2.45, 2.75) is 38.6 Å². The third kappa shape index (κ3) is 5.34. The summed E-state index contributed by atoms with van der Waals surface area (Å²) in [4.78, 5) is 27.4. The van der Waals surface area contributed by atoms with E-state index < -0.39 is 0 Å². The van der Waals surface area contributed by atoms with E-state index in [9.17, 15) is 4.79 Å². The first kappa shape index (κ1) is 23.8. The molecule has 1 amide bonds. The molecule has 1 N–H and O–H groups in total. The fourth-order valence-corrected chi connectivity index (χ4v) is 5.26. The maximum Gasteiger partial charge on any atom is 0.257 e. The minimum absolute atomic E-state index is 0.0357. The van der Waals surface area contributed by atoms with Crippen LogP contribution in [-0.4, -0.2) is 53.5 Å². The number of piperazine rings is 1. The van der Waals surface area contributed by atoms with Crippen molar-refractivity contribution in [3.63, 3.8) is 0 Å². The Labute approximate surface area is 212 Å². The average Bonchev–Trinajstić information content (AvgIpc) is 3.39. The van der Waals surface area contributed by atoms with E-state index in [2.05, 4.69) is 53.5 Å². The number of hydrogen-bond donors (Lipinski definition) is 1. The lowest BCUT2D eigenvalue weighted by molar-refractivity contribution is 0.0733. The molecule has 7 heteroatoms. The standard InChI is InChI=1S/C28H32ClN5O/c1-20-5-2-3-6-21(20)10-13-25-24(27(35)33-17-14-30-15-18-33)19-31-28(32-25)34-16-4-7-26(34)22-8-11-23(29)12-9-22/h2-3,5-6,8-9,11-12,19,26,30H,4,7,10,13-18H2,1H3/t26-/m1/s1. The van der Waals surface area contributed by atoms with Gasteiger partial charge in [-0.05, 0) is 61.4 Å². The summed E-state index contributed by atoms with van der Waals surface area (Å²) in [5.74, 6) is 0.743. The van der Waals surface area contributed by atoms with Gasteiger partial charge in [-0.15, -0.1) is 0 Å². The number of carbonyl (C=O) groups excluding carboxylic acids is 1. The molecule has 35 heavy (non-hydrogen) atoms. The van der Waals surface area contributed by atoms with Crippen molar-refractivity contribution in [3.8, 4) is 0 Å². The number of nitrogens with one attached hydrogen (secondary N) is 1. The van der Waals surface area contributed by atoms with Gasteiger partial charge in [0.05, 0.1) is 17.3 Å². The Balaban J connectivity index is 1.45. The number of carbonyl (C=O) groups is 1. The van der Waals surface area contributed by atoms with E-state index in [1.54, 1.807) is 6.20 Å². The molecule has 2 aliphatic heterocycles. The molecule has 182 valence electrons. The zero-order chi connectivity index (χ0) is 24.2. The van der Waals surface area contributed by atoms with Crippen LogP contribution in [-0.2, 0) is 12.8 Å². The minimum atomic E-state index is 0.0357. The molecule has 3 heterocycles. The van der Waals surface area contributed by atoms with E-state index in [4.69, 9.17) is 21.6 Å². The molecular formula is C28H32ClN5O. The zero-order valence-corrected chi connectivity index (χ0v) is 21.0. The van der Waals surface area contributed by atoms with Crippen LogP contribution in [0.15, 0.2) is 54.7 Å². The van der Waals surface area contributed by atoms with Gasteiger partial charge in [-0.1, -0.05) is 48.0 Å². The predicted octanol–water partition coefficient (Wildman–Crippen LogP) is 4.61. The quantitative estimate of drug-likeness (QED) is 0.548. The molecule has 3 aromatic rings. The number of benzene rings is 2. The predicted molar refractivity (Wildman–Crippen MR) is 140 cm³/mol. The fraction of sp³-hybridized carbons (Fsp3) is 0.393. The lowest BCUT2D eigenvalue weighted by Crippen LogP contribution is -2.46. The lowest BCUT2D eigenvalue weighted by atomic mass is 10.0. The largest absolute Gasteiger partial charge is 0.336 e. The Kier molecular flexibility index (Phi) is 7.30. The molecule has 6 nitrogen and oxygen atoms in total. The summed E-state index contributed by atoms with van der Waals surface area (Å²) in [6.45, 7) is 6.09. The molecule has 0 bridgehead atoms. The molecule has 1 atom stereocenters. The molecular weight excluding hydrogens is 458 g/mol. The van der Waals surface area contributed by atoms with Crippen LogP contribution in [0.3, 0.4) is 0 Å². The van der Waals surface area contributed by atoms with Gasteiger partial charge in [0.2, 0.25) is 5.95 Å². The van der Waals surface area contributed by atoms with E-state index >= 15 is 0 Å². The highest BCUT2D eigenvalue weighted by atomic mass is 35.5. The topological polar surface area (TPSA) is 61.4 Å². The van der Waals surface area contributed by atoms with E-state index in [0.717, 1.165) is 49.6 Å². The van der Waals surface area contributed by atoms with E-state index in [1.807, 2.05) is 17.0 Å². The molecule has 0 spiro atoms. The van der Waals surface area contributed by atoms with Gasteiger partial charge in [0.1, 0.15) is 0 Å². The number of rotatable bonds is 6. The third-order valence-corrected chi connectivity index (χ3v) is 7.40. The van der Waals surface area contributed by atoms with Gasteiger partial charge < -0.3 is 15.1 Å². The summed E-state index contributed by atoms with van der Waals surface area (Å²) < 4.78 is 0. The maximum atomic E-state index is 13.4. The van der Waals surface area contributed by atoms with Crippen molar-refractivity contribution in [1.29, 1.82) is 0 Å². The Bertz CT molecular complexity index is 1180. The zero-order valence-electron chi connectivity index (χ0n) is 20.2. The number of hydrogen-bond acceptors (Lipinski definition) is 5. The first-order chi connectivity index (χ1) is 17.1. The maximum absolute atomic E-state index is 13.4. The summed E-state index contributed by atoms with van der Waals surface area (Å²) in [5.41, 5.74) is 5.24. The van der Waals surface area contributed by atoms with Crippen molar-refractivity contribution in [2.24, 2.45) is 0 Å². The number of aryl methyl sites for hydroxylation is 3. The lowest BCUT2D eigenvalue weighted by Gasteiger charge is -2.29. The molecule has 1 aromatic heterocycles. The second-order valence-corrected chi connectivity index (χ2v) is 9.84. The number of halogens is 1. The molecule has 0 radical (unpaired) electrons. The van der Waals surface area contributed by atoms with E-state index in [-0.39, 0.29) is 11.9 Å². The van der Waals surface area contributed by atoms with Gasteiger partial charge in [-0.2, -0.15) is 0 Å². The fourth-order valence-electron chi connectivity index (χ4n) is 5.13. The second kappa shape index (κ2) is 10.8. The van der Waals surface area contributed by atoms with Crippen LogP contribution in [0.25, 0.3) is 0 Å². The summed E-state index contributed by atoms with van der Waals surface area (Å²) in [6.07, 6.45) is 5.43. The Morgan fingerprint density at radius 2 is 1.83 bits per heavy atom. The molecule has 2 fully saturated rings. The summed E-state index contributed by atoms with van der Waals surface area (Å²) in [7, 11) is 0. The van der Waals surface area contributed by atoms with Crippen LogP contribution in [0, 0.1) is 6.92 Å². The van der Waals surface area contributed by atoms with Crippen LogP contribution in [0.1, 0.15) is 51.6 Å². The first-order valence-electron chi connectivity index (χ1n) is 12.5. The Hall–Kier alpha value is -2.96. The van der Waals surface area contributed by atoms with Crippen molar-refractivity contribution >= 4 is 23.5 Å². The molecule has 2 aliphatic rings. The number of anilines is 1. The molecule has 0 saturated carbocycles. The Morgan fingerprint density at radius 3 is 2.60 bits per heavy atom. The SMILES string of the molecule is Cc1ccccc1CCc1nc(N2CCC[C@@H]2c2ccc(Cl)cc2)ncc1C(=O)N1CCNCC1. The van der Waals surface area contributed by atoms with Crippen molar-refractivity contribution in [1.82, 2.24) is 20.2 Å². The van der Waals surface area contributed by atoms with Crippen molar-refractivity contribution in [2.75, 3.05) is 37.6 Å². The first-order valence-corrected chi connectivity index (χ1v) is 12.9. The third-order valence-electron chi connectivity index (χ3n) is 7.15. The number of amides is 1. The van der Waals surface area contributed by atoms with Crippen LogP contribution < -0.4 is 10.2 Å². The number of aromatic nitrogens is 2. The van der Waals surface area contributed by atoms with Gasteiger partial charge in [0, 0.05) is 43.9 Å². The van der Waals surface area contributed by atoms with E-state index in [1.165, 1.54) is 16.7 Å². The van der Waals surface area contributed by atoms with E-state index in [0.29, 0.717) is 31.0 Å². The highest BCUT2D eigenvalue weighted by Gasteiger charge is 2.30. The normalized spacial score (nSPS) is 18.2. The molecule has 0 aliphatic carbocycles. The minimum Gasteiger partial charge on any atom is -0.336 e. The molecule has 0 unspecified atom stereocenters. The van der Waals surface area contributed by atoms with Gasteiger partial charge in [-0.25, -0.2) is 9.97 Å². The summed E-state index contributed by atoms with van der Waals surface area (Å²) in [5, 5.41) is 4.06. The van der Waals surface area contributed by atoms with Crippen LogP contribution in [0.2, 0.25) is 5.02 Å². The van der Waals surface area contributed by atoms with Crippen LogP contribution in [0.4, 0.5) is 5.95 Å². The summed E-state index contributed by atoms with van der Waals surface area (Å²) >= 11 is 6.12. The molecule has 5 rings (SSSR count). The molecule has 2 aromatic carbocycles. The smallest absolute Gasteiger partial charge is 0.257 e. The van der Waals surface area contributed by atoms with Crippen LogP contribution in [0.5, 0.6) is 0 Å². The van der Waals surface area contributed by atoms with Crippen molar-refractivity contribution in [3.05, 3.63) is 87.7 Å². The van der Waals surface area contributed by atoms with Gasteiger partial charge >= 0.3 is 0 Å². The monoisotopic (exact) mass is 489 g/mol. The van der Waals surface area contributed by atoms with Crippen molar-refractivity contribution < 1.29 is 4.79 Å². The summed E-state index contributed by atoms with van der Waals surface area (Å²) in [6, 6.07) is 16.7. The highest BCUT2D eigenvalue weighted by molar-refractivity contribution is 6.30. The average molecular weight is 490 g/mol. The Morgan fingerprint density at radius 1 is 1.06 bits per heavy atom. The van der Waals surface area contributed by atoms with Gasteiger partial charge in [-0.3, -0.25) is 4.79 Å². The van der Waals surface area contributed by atoms with Gasteiger partial charge in [0.15, 0.2) is 0 Å². The molecule has 2 saturated heterocycles. The second-order valence-electron chi connectivity index (χ2n) is 9.40. The van der Waals surface area contributed by atoms with Crippen LogP contribution >= 0.6 is 11.6 Å². The van der Waals surface area contributed by atoms with Gasteiger partial charge in [0.25, 0.3) is 5.91 Å². The highest BCUT2D eigenvalue weighted by Crippen LogP contribution is 2.35.